The summed E-state index contributed by atoms with van der Waals surface area (Å²) in [5.74, 6) is 0.690. The second-order valence-corrected chi connectivity index (χ2v) is 7.32. The first-order chi connectivity index (χ1) is 13.4. The number of nitrogens with one attached hydrogen (secondary N) is 2. The SMILES string of the molecule is CC(=O)NCc1ccc(-c2csc(NC(=O)/C=C/c3cccc(Cl)c3Cl)n2)o1. The Hall–Kier alpha value is -2.61. The maximum absolute atomic E-state index is 12.1. The molecule has 1 aromatic carbocycles. The Morgan fingerprint density at radius 2 is 2.07 bits per heavy atom. The molecule has 0 aliphatic heterocycles. The van der Waals surface area contributed by atoms with E-state index in [0.29, 0.717) is 44.5 Å². The smallest absolute Gasteiger partial charge is 0.250 e. The molecule has 2 N–H and O–H groups in total. The summed E-state index contributed by atoms with van der Waals surface area (Å²) in [4.78, 5) is 27.4. The summed E-state index contributed by atoms with van der Waals surface area (Å²) < 4.78 is 5.64. The maximum Gasteiger partial charge on any atom is 0.250 e. The van der Waals surface area contributed by atoms with Crippen LogP contribution in [0.2, 0.25) is 10.0 Å². The monoisotopic (exact) mass is 435 g/mol. The van der Waals surface area contributed by atoms with Crippen molar-refractivity contribution in [1.29, 1.82) is 0 Å². The average molecular weight is 436 g/mol. The van der Waals surface area contributed by atoms with E-state index in [9.17, 15) is 9.59 Å². The van der Waals surface area contributed by atoms with Crippen molar-refractivity contribution in [3.8, 4) is 11.5 Å². The van der Waals surface area contributed by atoms with Crippen molar-refractivity contribution >= 4 is 57.6 Å². The van der Waals surface area contributed by atoms with Crippen LogP contribution in [0.5, 0.6) is 0 Å². The quantitative estimate of drug-likeness (QED) is 0.533. The van der Waals surface area contributed by atoms with Gasteiger partial charge in [0.2, 0.25) is 11.8 Å². The molecule has 0 atom stereocenters. The van der Waals surface area contributed by atoms with Crippen LogP contribution >= 0.6 is 34.5 Å². The number of carbonyl (C=O) groups is 2. The number of furan rings is 1. The van der Waals surface area contributed by atoms with Gasteiger partial charge in [-0.25, -0.2) is 4.98 Å². The third-order valence-corrected chi connectivity index (χ3v) is 5.15. The molecule has 0 bridgehead atoms. The molecule has 3 rings (SSSR count). The van der Waals surface area contributed by atoms with Crippen LogP contribution in [-0.4, -0.2) is 16.8 Å². The van der Waals surface area contributed by atoms with Crippen LogP contribution in [-0.2, 0) is 16.1 Å². The molecule has 144 valence electrons. The van der Waals surface area contributed by atoms with Crippen molar-refractivity contribution in [2.75, 3.05) is 5.32 Å². The summed E-state index contributed by atoms with van der Waals surface area (Å²) in [6, 6.07) is 8.71. The summed E-state index contributed by atoms with van der Waals surface area (Å²) in [5, 5.41) is 8.36. The molecule has 0 spiro atoms. The van der Waals surface area contributed by atoms with Gasteiger partial charge in [-0.3, -0.25) is 14.9 Å². The van der Waals surface area contributed by atoms with Crippen LogP contribution in [0, 0.1) is 0 Å². The minimum Gasteiger partial charge on any atom is -0.458 e. The maximum atomic E-state index is 12.1. The van der Waals surface area contributed by atoms with Crippen LogP contribution in [0.1, 0.15) is 18.2 Å². The van der Waals surface area contributed by atoms with Gasteiger partial charge in [0.15, 0.2) is 10.9 Å². The van der Waals surface area contributed by atoms with Crippen LogP contribution < -0.4 is 10.6 Å². The topological polar surface area (TPSA) is 84.2 Å². The predicted octanol–water partition coefficient (Wildman–Crippen LogP) is 5.00. The largest absolute Gasteiger partial charge is 0.458 e. The molecule has 2 amide bonds. The minimum absolute atomic E-state index is 0.135. The van der Waals surface area contributed by atoms with E-state index in [1.807, 2.05) is 0 Å². The highest BCUT2D eigenvalue weighted by atomic mass is 35.5. The number of halogens is 2. The number of thiazole rings is 1. The van der Waals surface area contributed by atoms with Gasteiger partial charge in [-0.15, -0.1) is 11.3 Å². The molecule has 2 aromatic heterocycles. The fourth-order valence-electron chi connectivity index (χ4n) is 2.23. The number of amides is 2. The molecule has 9 heteroatoms. The first kappa shape index (κ1) is 20.1. The number of hydrogen-bond donors (Lipinski definition) is 2. The van der Waals surface area contributed by atoms with Gasteiger partial charge in [0, 0.05) is 18.4 Å². The Balaban J connectivity index is 1.62. The molecule has 0 saturated heterocycles. The first-order valence-electron chi connectivity index (χ1n) is 8.14. The van der Waals surface area contributed by atoms with Gasteiger partial charge >= 0.3 is 0 Å². The number of anilines is 1. The second-order valence-electron chi connectivity index (χ2n) is 5.68. The molecular weight excluding hydrogens is 421 g/mol. The molecule has 0 radical (unpaired) electrons. The fourth-order valence-corrected chi connectivity index (χ4v) is 3.30. The van der Waals surface area contributed by atoms with Gasteiger partial charge in [0.25, 0.3) is 0 Å². The summed E-state index contributed by atoms with van der Waals surface area (Å²) in [6.45, 7) is 1.74. The lowest BCUT2D eigenvalue weighted by atomic mass is 10.2. The van der Waals surface area contributed by atoms with Gasteiger partial charge < -0.3 is 9.73 Å². The van der Waals surface area contributed by atoms with Crippen molar-refractivity contribution in [1.82, 2.24) is 10.3 Å². The standard InChI is InChI=1S/C19H15Cl2N3O3S/c1-11(25)22-9-13-6-7-16(27-13)15-10-28-19(23-15)24-17(26)8-5-12-3-2-4-14(20)18(12)21/h2-8,10H,9H2,1H3,(H,22,25)(H,23,24,26)/b8-5+. The lowest BCUT2D eigenvalue weighted by Gasteiger charge is -2.00. The Kier molecular flexibility index (Phi) is 6.51. The summed E-state index contributed by atoms with van der Waals surface area (Å²) >= 11 is 13.3. The van der Waals surface area contributed by atoms with E-state index >= 15 is 0 Å². The molecule has 0 aliphatic rings. The van der Waals surface area contributed by atoms with E-state index in [1.165, 1.54) is 24.3 Å². The molecule has 2 heterocycles. The molecule has 0 unspecified atom stereocenters. The average Bonchev–Trinajstić information content (AvgIpc) is 3.30. The van der Waals surface area contributed by atoms with Crippen molar-refractivity contribution in [2.24, 2.45) is 0 Å². The van der Waals surface area contributed by atoms with E-state index in [4.69, 9.17) is 27.6 Å². The van der Waals surface area contributed by atoms with E-state index in [-0.39, 0.29) is 11.8 Å². The molecule has 0 aliphatic carbocycles. The third-order valence-electron chi connectivity index (χ3n) is 3.56. The highest BCUT2D eigenvalue weighted by molar-refractivity contribution is 7.14. The summed E-state index contributed by atoms with van der Waals surface area (Å²) in [5.41, 5.74) is 1.24. The zero-order valence-electron chi connectivity index (χ0n) is 14.7. The van der Waals surface area contributed by atoms with Crippen LogP contribution in [0.15, 0.2) is 46.2 Å². The molecule has 0 saturated carbocycles. The van der Waals surface area contributed by atoms with Gasteiger partial charge in [-0.1, -0.05) is 35.3 Å². The molecule has 3 aromatic rings. The van der Waals surface area contributed by atoms with Crippen molar-refractivity contribution in [2.45, 2.75) is 13.5 Å². The summed E-state index contributed by atoms with van der Waals surface area (Å²) in [6.07, 6.45) is 2.94. The molecular formula is C19H15Cl2N3O3S. The Morgan fingerprint density at radius 3 is 2.86 bits per heavy atom. The first-order valence-corrected chi connectivity index (χ1v) is 9.78. The lowest BCUT2D eigenvalue weighted by Crippen LogP contribution is -2.18. The second kappa shape index (κ2) is 9.05. The van der Waals surface area contributed by atoms with Crippen molar-refractivity contribution < 1.29 is 14.0 Å². The van der Waals surface area contributed by atoms with Crippen LogP contribution in [0.4, 0.5) is 5.13 Å². The van der Waals surface area contributed by atoms with Crippen molar-refractivity contribution in [3.63, 3.8) is 0 Å². The van der Waals surface area contributed by atoms with Gasteiger partial charge in [-0.05, 0) is 29.8 Å². The molecule has 0 fully saturated rings. The Labute approximate surface area is 175 Å². The van der Waals surface area contributed by atoms with Crippen LogP contribution in [0.3, 0.4) is 0 Å². The number of hydrogen-bond acceptors (Lipinski definition) is 5. The zero-order valence-corrected chi connectivity index (χ0v) is 17.0. The fraction of sp³-hybridized carbons (Fsp3) is 0.105. The number of nitrogens with zero attached hydrogens (tertiary/aromatic N) is 1. The van der Waals surface area contributed by atoms with Gasteiger partial charge in [0.05, 0.1) is 16.6 Å². The highest BCUT2D eigenvalue weighted by Gasteiger charge is 2.11. The van der Waals surface area contributed by atoms with E-state index in [2.05, 4.69) is 15.6 Å². The normalized spacial score (nSPS) is 11.0. The minimum atomic E-state index is -0.345. The van der Waals surface area contributed by atoms with E-state index in [1.54, 1.807) is 41.8 Å². The number of carbonyl (C=O) groups excluding carboxylic acids is 2. The highest BCUT2D eigenvalue weighted by Crippen LogP contribution is 2.28. The zero-order chi connectivity index (χ0) is 20.1. The predicted molar refractivity (Wildman–Crippen MR) is 111 cm³/mol. The molecule has 28 heavy (non-hydrogen) atoms. The van der Waals surface area contributed by atoms with Gasteiger partial charge in [0.1, 0.15) is 11.5 Å². The Morgan fingerprint density at radius 1 is 1.25 bits per heavy atom. The van der Waals surface area contributed by atoms with E-state index in [0.717, 1.165) is 0 Å². The van der Waals surface area contributed by atoms with Crippen LogP contribution in [0.25, 0.3) is 17.5 Å². The third kappa shape index (κ3) is 5.22. The molecule has 6 nitrogen and oxygen atoms in total. The number of aromatic nitrogens is 1. The van der Waals surface area contributed by atoms with Crippen molar-refractivity contribution in [3.05, 3.63) is 63.2 Å². The Bertz CT molecular complexity index is 1040. The van der Waals surface area contributed by atoms with E-state index < -0.39 is 0 Å². The number of benzene rings is 1. The lowest BCUT2D eigenvalue weighted by molar-refractivity contribution is -0.119. The van der Waals surface area contributed by atoms with Gasteiger partial charge in [-0.2, -0.15) is 0 Å². The number of rotatable bonds is 6. The summed E-state index contributed by atoms with van der Waals surface area (Å²) in [7, 11) is 0.